The van der Waals surface area contributed by atoms with Crippen LogP contribution in [0.2, 0.25) is 0 Å². The average Bonchev–Trinajstić information content (AvgIpc) is 2.32. The van der Waals surface area contributed by atoms with Crippen molar-refractivity contribution in [2.24, 2.45) is 0 Å². The molecule has 1 aromatic rings. The standard InChI is InChI=1S/C13H17NOS/c1-3-10-16-11-13(15)14(4-2)12-8-6-5-7-9-12/h3,5-9H,1,4,10-11H2,2H3. The van der Waals surface area contributed by atoms with E-state index in [9.17, 15) is 4.79 Å². The number of para-hydroxylation sites is 1. The number of rotatable bonds is 6. The van der Waals surface area contributed by atoms with E-state index in [0.29, 0.717) is 12.3 Å². The summed E-state index contributed by atoms with van der Waals surface area (Å²) in [4.78, 5) is 13.7. The number of hydrogen-bond acceptors (Lipinski definition) is 2. The van der Waals surface area contributed by atoms with Gasteiger partial charge in [-0.15, -0.1) is 18.3 Å². The Bertz CT molecular complexity index is 337. The van der Waals surface area contributed by atoms with Crippen LogP contribution in [0.1, 0.15) is 6.92 Å². The molecule has 3 heteroatoms. The van der Waals surface area contributed by atoms with Crippen molar-refractivity contribution in [3.8, 4) is 0 Å². The molecule has 0 radical (unpaired) electrons. The Morgan fingerprint density at radius 2 is 2.12 bits per heavy atom. The molecule has 0 aliphatic carbocycles. The summed E-state index contributed by atoms with van der Waals surface area (Å²) in [6, 6.07) is 9.76. The highest BCUT2D eigenvalue weighted by molar-refractivity contribution is 8.00. The van der Waals surface area contributed by atoms with Gasteiger partial charge in [0.05, 0.1) is 5.75 Å². The van der Waals surface area contributed by atoms with Crippen molar-refractivity contribution >= 4 is 23.4 Å². The summed E-state index contributed by atoms with van der Waals surface area (Å²) < 4.78 is 0. The van der Waals surface area contributed by atoms with E-state index in [1.54, 1.807) is 16.7 Å². The Balaban J connectivity index is 2.60. The van der Waals surface area contributed by atoms with Gasteiger partial charge in [0, 0.05) is 18.0 Å². The van der Waals surface area contributed by atoms with E-state index in [1.807, 2.05) is 43.3 Å². The van der Waals surface area contributed by atoms with Crippen molar-refractivity contribution in [1.82, 2.24) is 0 Å². The summed E-state index contributed by atoms with van der Waals surface area (Å²) in [6.45, 7) is 6.33. The molecule has 0 spiro atoms. The third-order valence-corrected chi connectivity index (χ3v) is 3.07. The van der Waals surface area contributed by atoms with E-state index in [2.05, 4.69) is 6.58 Å². The first-order valence-electron chi connectivity index (χ1n) is 5.33. The predicted molar refractivity (Wildman–Crippen MR) is 72.0 cm³/mol. The number of benzene rings is 1. The molecule has 0 saturated carbocycles. The normalized spacial score (nSPS) is 9.81. The highest BCUT2D eigenvalue weighted by Gasteiger charge is 2.12. The molecule has 2 nitrogen and oxygen atoms in total. The SMILES string of the molecule is C=CCSCC(=O)N(CC)c1ccccc1. The van der Waals surface area contributed by atoms with Gasteiger partial charge in [0.15, 0.2) is 0 Å². The number of thioether (sulfide) groups is 1. The number of nitrogens with zero attached hydrogens (tertiary/aromatic N) is 1. The molecule has 1 aromatic carbocycles. The Morgan fingerprint density at radius 3 is 2.69 bits per heavy atom. The van der Waals surface area contributed by atoms with E-state index in [-0.39, 0.29) is 5.91 Å². The monoisotopic (exact) mass is 235 g/mol. The van der Waals surface area contributed by atoms with Crippen LogP contribution < -0.4 is 4.90 Å². The van der Waals surface area contributed by atoms with Gasteiger partial charge >= 0.3 is 0 Å². The van der Waals surface area contributed by atoms with Gasteiger partial charge in [-0.2, -0.15) is 0 Å². The number of anilines is 1. The molecule has 86 valence electrons. The molecule has 1 rings (SSSR count). The Labute approximate surface area is 101 Å². The molecule has 0 fully saturated rings. The van der Waals surface area contributed by atoms with E-state index in [4.69, 9.17) is 0 Å². The lowest BCUT2D eigenvalue weighted by Gasteiger charge is -2.20. The van der Waals surface area contributed by atoms with Crippen LogP contribution in [-0.2, 0) is 4.79 Å². The van der Waals surface area contributed by atoms with E-state index < -0.39 is 0 Å². The highest BCUT2D eigenvalue weighted by atomic mass is 32.2. The van der Waals surface area contributed by atoms with Crippen LogP contribution in [0.3, 0.4) is 0 Å². The molecule has 0 bridgehead atoms. The summed E-state index contributed by atoms with van der Waals surface area (Å²) in [7, 11) is 0. The maximum Gasteiger partial charge on any atom is 0.236 e. The molecule has 0 aliphatic heterocycles. The number of hydrogen-bond donors (Lipinski definition) is 0. The van der Waals surface area contributed by atoms with E-state index in [0.717, 1.165) is 11.4 Å². The Morgan fingerprint density at radius 1 is 1.44 bits per heavy atom. The van der Waals surface area contributed by atoms with Crippen LogP contribution in [0, 0.1) is 0 Å². The number of carbonyl (C=O) groups is 1. The minimum absolute atomic E-state index is 0.153. The summed E-state index contributed by atoms with van der Waals surface area (Å²) in [5.41, 5.74) is 0.967. The first kappa shape index (κ1) is 12.8. The summed E-state index contributed by atoms with van der Waals surface area (Å²) in [5.74, 6) is 1.48. The second kappa shape index (κ2) is 7.12. The molecule has 0 atom stereocenters. The molecular formula is C13H17NOS. The number of carbonyl (C=O) groups excluding carboxylic acids is 1. The van der Waals surface area contributed by atoms with Crippen LogP contribution in [0.15, 0.2) is 43.0 Å². The second-order valence-electron chi connectivity index (χ2n) is 3.28. The van der Waals surface area contributed by atoms with Gasteiger partial charge in [-0.05, 0) is 19.1 Å². The molecule has 0 N–H and O–H groups in total. The van der Waals surface area contributed by atoms with Gasteiger partial charge in [0.25, 0.3) is 0 Å². The van der Waals surface area contributed by atoms with Crippen molar-refractivity contribution in [3.05, 3.63) is 43.0 Å². The number of amides is 1. The van der Waals surface area contributed by atoms with Crippen molar-refractivity contribution in [2.75, 3.05) is 23.0 Å². The summed E-state index contributed by atoms with van der Waals surface area (Å²) in [6.07, 6.45) is 1.82. The molecule has 16 heavy (non-hydrogen) atoms. The van der Waals surface area contributed by atoms with Gasteiger partial charge in [-0.1, -0.05) is 24.3 Å². The fraction of sp³-hybridized carbons (Fsp3) is 0.308. The molecule has 0 unspecified atom stereocenters. The third-order valence-electron chi connectivity index (χ3n) is 2.15. The zero-order valence-electron chi connectivity index (χ0n) is 9.56. The Hall–Kier alpha value is -1.22. The summed E-state index contributed by atoms with van der Waals surface area (Å²) in [5, 5.41) is 0. The van der Waals surface area contributed by atoms with Gasteiger partial charge in [-0.25, -0.2) is 0 Å². The zero-order chi connectivity index (χ0) is 11.8. The van der Waals surface area contributed by atoms with Crippen molar-refractivity contribution in [3.63, 3.8) is 0 Å². The second-order valence-corrected chi connectivity index (χ2v) is 4.31. The minimum atomic E-state index is 0.153. The lowest BCUT2D eigenvalue weighted by Crippen LogP contribution is -2.32. The lowest BCUT2D eigenvalue weighted by atomic mass is 10.3. The highest BCUT2D eigenvalue weighted by Crippen LogP contribution is 2.14. The molecule has 0 saturated heterocycles. The van der Waals surface area contributed by atoms with Crippen molar-refractivity contribution in [1.29, 1.82) is 0 Å². The smallest absolute Gasteiger partial charge is 0.236 e. The fourth-order valence-corrected chi connectivity index (χ4v) is 2.03. The van der Waals surface area contributed by atoms with Crippen LogP contribution >= 0.6 is 11.8 Å². The molecule has 0 aromatic heterocycles. The molecule has 1 amide bonds. The first-order valence-corrected chi connectivity index (χ1v) is 6.49. The minimum Gasteiger partial charge on any atom is -0.312 e. The van der Waals surface area contributed by atoms with Gasteiger partial charge in [-0.3, -0.25) is 4.79 Å². The third kappa shape index (κ3) is 3.74. The van der Waals surface area contributed by atoms with E-state index >= 15 is 0 Å². The van der Waals surface area contributed by atoms with Crippen LogP contribution in [0.5, 0.6) is 0 Å². The summed E-state index contributed by atoms with van der Waals surface area (Å²) >= 11 is 1.59. The van der Waals surface area contributed by atoms with Crippen LogP contribution in [-0.4, -0.2) is 24.0 Å². The van der Waals surface area contributed by atoms with Gasteiger partial charge < -0.3 is 4.90 Å². The molecule has 0 heterocycles. The lowest BCUT2D eigenvalue weighted by molar-refractivity contribution is -0.116. The van der Waals surface area contributed by atoms with Gasteiger partial charge in [0.2, 0.25) is 5.91 Å². The maximum absolute atomic E-state index is 11.9. The molecular weight excluding hydrogens is 218 g/mol. The van der Waals surface area contributed by atoms with Gasteiger partial charge in [0.1, 0.15) is 0 Å². The van der Waals surface area contributed by atoms with Crippen molar-refractivity contribution in [2.45, 2.75) is 6.92 Å². The van der Waals surface area contributed by atoms with Crippen molar-refractivity contribution < 1.29 is 4.79 Å². The fourth-order valence-electron chi connectivity index (χ4n) is 1.42. The first-order chi connectivity index (χ1) is 7.79. The van der Waals surface area contributed by atoms with Crippen LogP contribution in [0.25, 0.3) is 0 Å². The average molecular weight is 235 g/mol. The Kier molecular flexibility index (Phi) is 5.72. The van der Waals surface area contributed by atoms with Crippen LogP contribution in [0.4, 0.5) is 5.69 Å². The predicted octanol–water partition coefficient (Wildman–Crippen LogP) is 2.96. The zero-order valence-corrected chi connectivity index (χ0v) is 10.4. The quantitative estimate of drug-likeness (QED) is 0.558. The topological polar surface area (TPSA) is 20.3 Å². The maximum atomic E-state index is 11.9. The molecule has 0 aliphatic rings. The largest absolute Gasteiger partial charge is 0.312 e. The van der Waals surface area contributed by atoms with E-state index in [1.165, 1.54) is 0 Å².